The number of amides is 1. The summed E-state index contributed by atoms with van der Waals surface area (Å²) < 4.78 is 31.7. The van der Waals surface area contributed by atoms with Crippen molar-refractivity contribution >= 4 is 33.2 Å². The molecule has 0 atom stereocenters. The number of hydrogen-bond donors (Lipinski definition) is 0. The molecule has 0 saturated carbocycles. The second-order valence-electron chi connectivity index (χ2n) is 6.19. The summed E-state index contributed by atoms with van der Waals surface area (Å²) in [6.07, 6.45) is 0. The highest BCUT2D eigenvalue weighted by Gasteiger charge is 2.27. The van der Waals surface area contributed by atoms with Crippen LogP contribution in [0.1, 0.15) is 15.9 Å². The summed E-state index contributed by atoms with van der Waals surface area (Å²) in [7, 11) is -0.721. The molecular formula is C18H19ClN2O4S. The summed E-state index contributed by atoms with van der Waals surface area (Å²) in [5, 5.41) is 0.492. The molecule has 26 heavy (non-hydrogen) atoms. The molecule has 3 rings (SSSR count). The Labute approximate surface area is 158 Å². The van der Waals surface area contributed by atoms with Crippen molar-refractivity contribution in [3.05, 3.63) is 52.5 Å². The van der Waals surface area contributed by atoms with Gasteiger partial charge < -0.3 is 9.64 Å². The molecule has 0 radical (unpaired) electrons. The van der Waals surface area contributed by atoms with E-state index in [9.17, 15) is 13.2 Å². The Bertz CT molecular complexity index is 973. The molecule has 1 heterocycles. The van der Waals surface area contributed by atoms with Gasteiger partial charge in [0.1, 0.15) is 12.4 Å². The smallest absolute Gasteiger partial charge is 0.258 e. The third-order valence-corrected chi connectivity index (χ3v) is 6.42. The van der Waals surface area contributed by atoms with E-state index in [2.05, 4.69) is 0 Å². The average molecular weight is 395 g/mol. The van der Waals surface area contributed by atoms with Gasteiger partial charge in [0.15, 0.2) is 0 Å². The minimum absolute atomic E-state index is 0.118. The van der Waals surface area contributed by atoms with Crippen molar-refractivity contribution in [3.8, 4) is 5.75 Å². The fraction of sp³-hybridized carbons (Fsp3) is 0.278. The highest BCUT2D eigenvalue weighted by Crippen LogP contribution is 2.35. The number of anilines is 1. The van der Waals surface area contributed by atoms with Crippen molar-refractivity contribution < 1.29 is 17.9 Å². The lowest BCUT2D eigenvalue weighted by Gasteiger charge is -2.30. The number of aryl methyl sites for hydroxylation is 1. The minimum atomic E-state index is -3.64. The van der Waals surface area contributed by atoms with Crippen LogP contribution in [0.4, 0.5) is 5.69 Å². The molecule has 1 amide bonds. The number of carbonyl (C=O) groups is 1. The third-order valence-electron chi connectivity index (χ3n) is 4.22. The summed E-state index contributed by atoms with van der Waals surface area (Å²) in [6, 6.07) is 9.78. The first-order chi connectivity index (χ1) is 12.2. The highest BCUT2D eigenvalue weighted by atomic mass is 35.5. The van der Waals surface area contributed by atoms with Crippen LogP contribution in [0.5, 0.6) is 5.75 Å². The van der Waals surface area contributed by atoms with Crippen LogP contribution in [-0.2, 0) is 10.0 Å². The Morgan fingerprint density at radius 2 is 1.92 bits per heavy atom. The van der Waals surface area contributed by atoms with Crippen LogP contribution in [0.3, 0.4) is 0 Å². The number of ether oxygens (including phenoxy) is 1. The van der Waals surface area contributed by atoms with Crippen molar-refractivity contribution in [2.45, 2.75) is 11.8 Å². The van der Waals surface area contributed by atoms with Gasteiger partial charge >= 0.3 is 0 Å². The van der Waals surface area contributed by atoms with Crippen LogP contribution in [-0.4, -0.2) is 45.9 Å². The number of rotatable bonds is 3. The van der Waals surface area contributed by atoms with Gasteiger partial charge in [-0.3, -0.25) is 4.79 Å². The van der Waals surface area contributed by atoms with Crippen LogP contribution in [0, 0.1) is 6.92 Å². The standard InChI is InChI=1S/C18H19ClN2O4S/c1-12-4-5-13(10-17(12)26(23,24)20(2)3)18(22)21-8-9-25-16-7-6-14(19)11-15(16)21/h4-7,10-11H,8-9H2,1-3H3. The van der Waals surface area contributed by atoms with Crippen molar-refractivity contribution in [1.82, 2.24) is 4.31 Å². The van der Waals surface area contributed by atoms with E-state index in [0.717, 1.165) is 4.31 Å². The quantitative estimate of drug-likeness (QED) is 0.802. The molecule has 138 valence electrons. The third kappa shape index (κ3) is 3.30. The molecule has 0 aliphatic carbocycles. The van der Waals surface area contributed by atoms with Crippen molar-refractivity contribution in [2.75, 3.05) is 32.1 Å². The van der Waals surface area contributed by atoms with Gasteiger partial charge in [-0.15, -0.1) is 0 Å². The van der Waals surface area contributed by atoms with Gasteiger partial charge in [-0.2, -0.15) is 0 Å². The predicted octanol–water partition coefficient (Wildman–Crippen LogP) is 2.94. The van der Waals surface area contributed by atoms with Gasteiger partial charge in [-0.1, -0.05) is 17.7 Å². The Hall–Kier alpha value is -2.09. The lowest BCUT2D eigenvalue weighted by Crippen LogP contribution is -2.38. The molecule has 0 spiro atoms. The Balaban J connectivity index is 2.04. The van der Waals surface area contributed by atoms with Crippen LogP contribution < -0.4 is 9.64 Å². The SMILES string of the molecule is Cc1ccc(C(=O)N2CCOc3ccc(Cl)cc32)cc1S(=O)(=O)N(C)C. The molecule has 0 aromatic heterocycles. The fourth-order valence-electron chi connectivity index (χ4n) is 2.77. The van der Waals surface area contributed by atoms with Crippen LogP contribution >= 0.6 is 11.6 Å². The van der Waals surface area contributed by atoms with E-state index in [4.69, 9.17) is 16.3 Å². The van der Waals surface area contributed by atoms with E-state index in [-0.39, 0.29) is 10.8 Å². The van der Waals surface area contributed by atoms with Crippen molar-refractivity contribution in [2.24, 2.45) is 0 Å². The molecule has 0 bridgehead atoms. The maximum atomic E-state index is 13.1. The summed E-state index contributed by atoms with van der Waals surface area (Å²) in [5.74, 6) is 0.272. The second-order valence-corrected chi connectivity index (χ2v) is 8.74. The number of hydrogen-bond acceptors (Lipinski definition) is 4. The van der Waals surface area contributed by atoms with Gasteiger partial charge in [0.25, 0.3) is 5.91 Å². The zero-order valence-corrected chi connectivity index (χ0v) is 16.3. The van der Waals surface area contributed by atoms with Gasteiger partial charge in [-0.25, -0.2) is 12.7 Å². The second kappa shape index (κ2) is 6.90. The molecule has 0 N–H and O–H groups in total. The van der Waals surface area contributed by atoms with E-state index >= 15 is 0 Å². The maximum Gasteiger partial charge on any atom is 0.258 e. The molecule has 2 aromatic rings. The van der Waals surface area contributed by atoms with Crippen molar-refractivity contribution in [3.63, 3.8) is 0 Å². The lowest BCUT2D eigenvalue weighted by molar-refractivity contribution is 0.0976. The average Bonchev–Trinajstić information content (AvgIpc) is 2.60. The number of fused-ring (bicyclic) bond motifs is 1. The van der Waals surface area contributed by atoms with Gasteiger partial charge in [0.05, 0.1) is 17.1 Å². The van der Waals surface area contributed by atoms with Crippen LogP contribution in [0.2, 0.25) is 5.02 Å². The number of carbonyl (C=O) groups excluding carboxylic acids is 1. The Morgan fingerprint density at radius 3 is 2.62 bits per heavy atom. The minimum Gasteiger partial charge on any atom is -0.490 e. The first kappa shape index (κ1) is 18.7. The zero-order chi connectivity index (χ0) is 19.1. The molecule has 8 heteroatoms. The number of benzene rings is 2. The zero-order valence-electron chi connectivity index (χ0n) is 14.7. The number of halogens is 1. The largest absolute Gasteiger partial charge is 0.490 e. The summed E-state index contributed by atoms with van der Waals surface area (Å²) >= 11 is 6.05. The van der Waals surface area contributed by atoms with E-state index in [0.29, 0.717) is 40.7 Å². The van der Waals surface area contributed by atoms with Crippen LogP contribution in [0.25, 0.3) is 0 Å². The summed E-state index contributed by atoms with van der Waals surface area (Å²) in [6.45, 7) is 2.42. The molecule has 0 fully saturated rings. The molecule has 1 aliphatic rings. The predicted molar refractivity (Wildman–Crippen MR) is 101 cm³/mol. The normalized spacial score (nSPS) is 14.1. The Morgan fingerprint density at radius 1 is 1.19 bits per heavy atom. The Kier molecular flexibility index (Phi) is 4.96. The van der Waals surface area contributed by atoms with E-state index in [1.165, 1.54) is 20.2 Å². The molecule has 6 nitrogen and oxygen atoms in total. The molecule has 0 unspecified atom stereocenters. The maximum absolute atomic E-state index is 13.1. The van der Waals surface area contributed by atoms with E-state index < -0.39 is 10.0 Å². The van der Waals surface area contributed by atoms with Gasteiger partial charge in [0.2, 0.25) is 10.0 Å². The lowest BCUT2D eigenvalue weighted by atomic mass is 10.1. The van der Waals surface area contributed by atoms with Gasteiger partial charge in [0, 0.05) is 24.7 Å². The van der Waals surface area contributed by atoms with Gasteiger partial charge in [-0.05, 0) is 42.8 Å². The first-order valence-corrected chi connectivity index (χ1v) is 9.81. The molecule has 2 aromatic carbocycles. The topological polar surface area (TPSA) is 66.9 Å². The number of nitrogens with zero attached hydrogens (tertiary/aromatic N) is 2. The number of sulfonamides is 1. The molecular weight excluding hydrogens is 376 g/mol. The summed E-state index contributed by atoms with van der Waals surface area (Å²) in [5.41, 5.74) is 1.45. The molecule has 1 aliphatic heterocycles. The van der Waals surface area contributed by atoms with E-state index in [1.54, 1.807) is 42.2 Å². The monoisotopic (exact) mass is 394 g/mol. The first-order valence-electron chi connectivity index (χ1n) is 7.99. The molecule has 0 saturated heterocycles. The van der Waals surface area contributed by atoms with Crippen molar-refractivity contribution in [1.29, 1.82) is 0 Å². The highest BCUT2D eigenvalue weighted by molar-refractivity contribution is 7.89. The van der Waals surface area contributed by atoms with Crippen LogP contribution in [0.15, 0.2) is 41.3 Å². The fourth-order valence-corrected chi connectivity index (χ4v) is 4.08. The summed E-state index contributed by atoms with van der Waals surface area (Å²) in [4.78, 5) is 14.7. The van der Waals surface area contributed by atoms with E-state index in [1.807, 2.05) is 0 Å².